The molecule has 0 saturated carbocycles. The Morgan fingerprint density at radius 2 is 1.55 bits per heavy atom. The minimum absolute atomic E-state index is 0.0678. The lowest BCUT2D eigenvalue weighted by molar-refractivity contribution is -0.116. The molecule has 0 aromatic heterocycles. The quantitative estimate of drug-likeness (QED) is 0.576. The van der Waals surface area contributed by atoms with Gasteiger partial charge in [-0.2, -0.15) is 0 Å². The Labute approximate surface area is 170 Å². The molecule has 0 saturated heterocycles. The second kappa shape index (κ2) is 10.1. The van der Waals surface area contributed by atoms with Crippen molar-refractivity contribution in [2.24, 2.45) is 0 Å². The molecule has 3 aromatic carbocycles. The highest BCUT2D eigenvalue weighted by molar-refractivity contribution is 6.05. The lowest BCUT2D eigenvalue weighted by Crippen LogP contribution is -2.14. The Morgan fingerprint density at radius 3 is 2.31 bits per heavy atom. The van der Waals surface area contributed by atoms with Gasteiger partial charge in [0.15, 0.2) is 0 Å². The molecule has 5 heteroatoms. The van der Waals surface area contributed by atoms with Gasteiger partial charge in [-0.1, -0.05) is 42.5 Å². The molecular weight excluding hydrogens is 364 g/mol. The summed E-state index contributed by atoms with van der Waals surface area (Å²) in [7, 11) is 0. The number of anilines is 2. The number of carbonyl (C=O) groups is 2. The zero-order valence-electron chi connectivity index (χ0n) is 16.4. The molecule has 0 aliphatic carbocycles. The maximum absolute atomic E-state index is 12.5. The van der Waals surface area contributed by atoms with Crippen LogP contribution < -0.4 is 15.4 Å². The first-order valence-corrected chi connectivity index (χ1v) is 9.62. The van der Waals surface area contributed by atoms with Gasteiger partial charge < -0.3 is 15.4 Å². The van der Waals surface area contributed by atoms with E-state index < -0.39 is 0 Å². The maximum atomic E-state index is 12.5. The number of nitrogens with one attached hydrogen (secondary N) is 2. The predicted octanol–water partition coefficient (Wildman–Crippen LogP) is 4.91. The van der Waals surface area contributed by atoms with Crippen molar-refractivity contribution in [1.29, 1.82) is 0 Å². The Morgan fingerprint density at radius 1 is 0.828 bits per heavy atom. The standard InChI is InChI=1S/C24H24N2O3/c1-2-29-22-13-6-10-19(16-22)24(28)26-21-12-7-11-20(17-21)25-23(27)15-14-18-8-4-3-5-9-18/h3-13,16-17H,2,14-15H2,1H3,(H,25,27)(H,26,28). The van der Waals surface area contributed by atoms with Crippen LogP contribution in [0.15, 0.2) is 78.9 Å². The SMILES string of the molecule is CCOc1cccc(C(=O)Nc2cccc(NC(=O)CCc3ccccc3)c2)c1. The number of benzene rings is 3. The van der Waals surface area contributed by atoms with E-state index in [0.29, 0.717) is 42.1 Å². The molecule has 3 rings (SSSR count). The third-order valence-corrected chi connectivity index (χ3v) is 4.29. The molecule has 0 spiro atoms. The largest absolute Gasteiger partial charge is 0.494 e. The summed E-state index contributed by atoms with van der Waals surface area (Å²) in [6.07, 6.45) is 1.07. The van der Waals surface area contributed by atoms with Crippen molar-refractivity contribution < 1.29 is 14.3 Å². The van der Waals surface area contributed by atoms with Gasteiger partial charge in [-0.05, 0) is 55.3 Å². The van der Waals surface area contributed by atoms with Gasteiger partial charge in [0.1, 0.15) is 5.75 Å². The summed E-state index contributed by atoms with van der Waals surface area (Å²) in [5.74, 6) is 0.348. The molecular formula is C24H24N2O3. The van der Waals surface area contributed by atoms with E-state index in [4.69, 9.17) is 4.74 Å². The van der Waals surface area contributed by atoms with Crippen LogP contribution in [0.1, 0.15) is 29.3 Å². The molecule has 0 aliphatic rings. The van der Waals surface area contributed by atoms with Gasteiger partial charge in [-0.15, -0.1) is 0 Å². The molecule has 0 fully saturated rings. The van der Waals surface area contributed by atoms with Crippen LogP contribution in [-0.2, 0) is 11.2 Å². The second-order valence-electron chi connectivity index (χ2n) is 6.53. The van der Waals surface area contributed by atoms with E-state index in [1.54, 1.807) is 42.5 Å². The zero-order valence-corrected chi connectivity index (χ0v) is 16.4. The minimum Gasteiger partial charge on any atom is -0.494 e. The molecule has 0 radical (unpaired) electrons. The van der Waals surface area contributed by atoms with Crippen LogP contribution in [0.3, 0.4) is 0 Å². The van der Waals surface area contributed by atoms with Crippen LogP contribution in [0.25, 0.3) is 0 Å². The summed E-state index contributed by atoms with van der Waals surface area (Å²) < 4.78 is 5.44. The third kappa shape index (κ3) is 6.21. The van der Waals surface area contributed by atoms with E-state index in [1.165, 1.54) is 0 Å². The highest BCUT2D eigenvalue weighted by Crippen LogP contribution is 2.18. The fraction of sp³-hybridized carbons (Fsp3) is 0.167. The van der Waals surface area contributed by atoms with Crippen molar-refractivity contribution in [3.8, 4) is 5.75 Å². The van der Waals surface area contributed by atoms with E-state index in [2.05, 4.69) is 10.6 Å². The molecule has 29 heavy (non-hydrogen) atoms. The number of carbonyl (C=O) groups excluding carboxylic acids is 2. The maximum Gasteiger partial charge on any atom is 0.255 e. The van der Waals surface area contributed by atoms with Crippen molar-refractivity contribution in [3.05, 3.63) is 90.0 Å². The van der Waals surface area contributed by atoms with Crippen molar-refractivity contribution in [3.63, 3.8) is 0 Å². The highest BCUT2D eigenvalue weighted by Gasteiger charge is 2.09. The smallest absolute Gasteiger partial charge is 0.255 e. The lowest BCUT2D eigenvalue weighted by Gasteiger charge is -2.10. The van der Waals surface area contributed by atoms with E-state index in [9.17, 15) is 9.59 Å². The summed E-state index contributed by atoms with van der Waals surface area (Å²) in [6, 6.07) is 24.0. The molecule has 0 heterocycles. The van der Waals surface area contributed by atoms with Gasteiger partial charge in [0.05, 0.1) is 6.61 Å². The minimum atomic E-state index is -0.237. The zero-order chi connectivity index (χ0) is 20.5. The van der Waals surface area contributed by atoms with Crippen molar-refractivity contribution in [2.45, 2.75) is 19.8 Å². The van der Waals surface area contributed by atoms with Gasteiger partial charge in [-0.3, -0.25) is 9.59 Å². The summed E-state index contributed by atoms with van der Waals surface area (Å²) in [5, 5.41) is 5.73. The van der Waals surface area contributed by atoms with Crippen LogP contribution in [0.5, 0.6) is 5.75 Å². The number of rotatable bonds is 8. The first-order chi connectivity index (χ1) is 14.1. The predicted molar refractivity (Wildman–Crippen MR) is 115 cm³/mol. The topological polar surface area (TPSA) is 67.4 Å². The number of hydrogen-bond acceptors (Lipinski definition) is 3. The molecule has 0 unspecified atom stereocenters. The highest BCUT2D eigenvalue weighted by atomic mass is 16.5. The monoisotopic (exact) mass is 388 g/mol. The third-order valence-electron chi connectivity index (χ3n) is 4.29. The lowest BCUT2D eigenvalue weighted by atomic mass is 10.1. The van der Waals surface area contributed by atoms with Crippen molar-refractivity contribution in [2.75, 3.05) is 17.2 Å². The molecule has 5 nitrogen and oxygen atoms in total. The number of ether oxygens (including phenoxy) is 1. The average molecular weight is 388 g/mol. The Hall–Kier alpha value is -3.60. The fourth-order valence-corrected chi connectivity index (χ4v) is 2.90. The van der Waals surface area contributed by atoms with E-state index in [-0.39, 0.29) is 11.8 Å². The Balaban J connectivity index is 1.58. The van der Waals surface area contributed by atoms with Crippen LogP contribution in [0.2, 0.25) is 0 Å². The van der Waals surface area contributed by atoms with Crippen molar-refractivity contribution >= 4 is 23.2 Å². The first kappa shape index (κ1) is 20.1. The normalized spacial score (nSPS) is 10.2. The fourth-order valence-electron chi connectivity index (χ4n) is 2.90. The molecule has 0 atom stereocenters. The summed E-state index contributed by atoms with van der Waals surface area (Å²) in [6.45, 7) is 2.43. The van der Waals surface area contributed by atoms with Crippen molar-refractivity contribution in [1.82, 2.24) is 0 Å². The average Bonchev–Trinajstić information content (AvgIpc) is 2.74. The first-order valence-electron chi connectivity index (χ1n) is 9.62. The number of hydrogen-bond donors (Lipinski definition) is 2. The van der Waals surface area contributed by atoms with Crippen LogP contribution in [-0.4, -0.2) is 18.4 Å². The molecule has 3 aromatic rings. The van der Waals surface area contributed by atoms with Gasteiger partial charge >= 0.3 is 0 Å². The van der Waals surface area contributed by atoms with Gasteiger partial charge in [0.25, 0.3) is 5.91 Å². The Kier molecular flexibility index (Phi) is 7.00. The molecule has 0 aliphatic heterocycles. The number of amides is 2. The van der Waals surface area contributed by atoms with Crippen LogP contribution >= 0.6 is 0 Å². The van der Waals surface area contributed by atoms with E-state index >= 15 is 0 Å². The second-order valence-corrected chi connectivity index (χ2v) is 6.53. The van der Waals surface area contributed by atoms with Crippen LogP contribution in [0, 0.1) is 0 Å². The van der Waals surface area contributed by atoms with E-state index in [1.807, 2.05) is 43.3 Å². The summed E-state index contributed by atoms with van der Waals surface area (Å²) in [5.41, 5.74) is 2.88. The molecule has 2 amide bonds. The van der Waals surface area contributed by atoms with Crippen LogP contribution in [0.4, 0.5) is 11.4 Å². The molecule has 2 N–H and O–H groups in total. The number of aryl methyl sites for hydroxylation is 1. The van der Waals surface area contributed by atoms with Gasteiger partial charge in [0, 0.05) is 23.4 Å². The van der Waals surface area contributed by atoms with Gasteiger partial charge in [-0.25, -0.2) is 0 Å². The summed E-state index contributed by atoms with van der Waals surface area (Å²) in [4.78, 5) is 24.7. The molecule has 148 valence electrons. The van der Waals surface area contributed by atoms with E-state index in [0.717, 1.165) is 5.56 Å². The van der Waals surface area contributed by atoms with Gasteiger partial charge in [0.2, 0.25) is 5.91 Å². The Bertz CT molecular complexity index is 971. The summed E-state index contributed by atoms with van der Waals surface area (Å²) >= 11 is 0. The molecule has 0 bridgehead atoms.